The molecule has 5 rings (SSSR count). The molecule has 2 unspecified atom stereocenters. The fourth-order valence-electron chi connectivity index (χ4n) is 5.35. The Balaban J connectivity index is 1.36. The number of aryl methyl sites for hydroxylation is 2. The molecule has 1 saturated heterocycles. The van der Waals surface area contributed by atoms with Gasteiger partial charge in [-0.05, 0) is 65.5 Å². The van der Waals surface area contributed by atoms with Crippen LogP contribution >= 0.6 is 7.75 Å². The Labute approximate surface area is 247 Å². The molecule has 15 heteroatoms. The molecule has 2 fully saturated rings. The van der Waals surface area contributed by atoms with E-state index in [1.165, 1.54) is 30.0 Å². The summed E-state index contributed by atoms with van der Waals surface area (Å²) in [5.74, 6) is -3.40. The minimum absolute atomic E-state index is 0.0930. The third-order valence-corrected chi connectivity index (χ3v) is 9.26. The van der Waals surface area contributed by atoms with Crippen LogP contribution in [0.3, 0.4) is 0 Å². The molecule has 1 aliphatic heterocycles. The van der Waals surface area contributed by atoms with Crippen molar-refractivity contribution in [1.29, 1.82) is 0 Å². The van der Waals surface area contributed by atoms with Crippen LogP contribution in [0.4, 0.5) is 8.78 Å². The van der Waals surface area contributed by atoms with Gasteiger partial charge in [-0.1, -0.05) is 24.6 Å². The largest absolute Gasteiger partial charge is 0.461 e. The summed E-state index contributed by atoms with van der Waals surface area (Å²) >= 11 is 0. The maximum absolute atomic E-state index is 16.3. The van der Waals surface area contributed by atoms with Crippen LogP contribution in [0.15, 0.2) is 36.7 Å². The zero-order valence-corrected chi connectivity index (χ0v) is 25.3. The fraction of sp³-hybridized carbons (Fsp3) is 0.571. The fourth-order valence-corrected chi connectivity index (χ4v) is 6.86. The predicted molar refractivity (Wildman–Crippen MR) is 150 cm³/mol. The highest BCUT2D eigenvalue weighted by atomic mass is 31.2. The standard InChI is InChI=1S/C28H36F2N5O7P/c1-17-22-23(33-19(3)32-17)35(16-31-22)26-27(4,29)25(37)28(30,41-26)15-39-43(38,42-21-13-9-6-10-14-21)34-18(2)24(36)40-20-11-7-5-8-12-20/h6,9-10,13-14,16,18,20,25-26,37H,5,7-8,11-12,15H2,1-4H3,(H,34,38)/t18?,25-,26+,27+,28+,43?/m0/s1. The molecule has 1 aliphatic carbocycles. The Hall–Kier alpha value is -3.03. The molecule has 3 aromatic rings. The predicted octanol–water partition coefficient (Wildman–Crippen LogP) is 4.78. The summed E-state index contributed by atoms with van der Waals surface area (Å²) in [4.78, 5) is 25.5. The molecule has 2 N–H and O–H groups in total. The van der Waals surface area contributed by atoms with Gasteiger partial charge >= 0.3 is 13.7 Å². The maximum Gasteiger partial charge on any atom is 0.459 e. The molecule has 2 aromatic heterocycles. The van der Waals surface area contributed by atoms with Gasteiger partial charge in [0.2, 0.25) is 0 Å². The van der Waals surface area contributed by atoms with Crippen molar-refractivity contribution in [3.8, 4) is 5.75 Å². The molecule has 0 spiro atoms. The van der Waals surface area contributed by atoms with Crippen molar-refractivity contribution >= 4 is 24.9 Å². The number of aliphatic hydroxyl groups excluding tert-OH is 1. The zero-order valence-electron chi connectivity index (χ0n) is 24.4. The smallest absolute Gasteiger partial charge is 0.459 e. The first-order valence-electron chi connectivity index (χ1n) is 14.2. The van der Waals surface area contributed by atoms with Crippen molar-refractivity contribution in [1.82, 2.24) is 24.6 Å². The lowest BCUT2D eigenvalue weighted by Crippen LogP contribution is -2.47. The van der Waals surface area contributed by atoms with E-state index in [2.05, 4.69) is 20.0 Å². The van der Waals surface area contributed by atoms with Gasteiger partial charge in [0.1, 0.15) is 35.8 Å². The van der Waals surface area contributed by atoms with Gasteiger partial charge in [-0.15, -0.1) is 0 Å². The summed E-state index contributed by atoms with van der Waals surface area (Å²) in [7, 11) is -4.54. The normalized spacial score (nSPS) is 28.4. The van der Waals surface area contributed by atoms with Gasteiger partial charge in [-0.3, -0.25) is 13.9 Å². The second kappa shape index (κ2) is 12.2. The molecule has 1 saturated carbocycles. The van der Waals surface area contributed by atoms with Crippen LogP contribution in [0.1, 0.15) is 63.7 Å². The number of nitrogens with zero attached hydrogens (tertiary/aromatic N) is 4. The number of carbonyl (C=O) groups excluding carboxylic acids is 1. The van der Waals surface area contributed by atoms with Gasteiger partial charge in [0.25, 0.3) is 5.85 Å². The number of carbonyl (C=O) groups is 1. The minimum Gasteiger partial charge on any atom is -0.461 e. The molecule has 2 aliphatic rings. The van der Waals surface area contributed by atoms with Gasteiger partial charge < -0.3 is 19.1 Å². The third-order valence-electron chi connectivity index (χ3n) is 7.63. The lowest BCUT2D eigenvalue weighted by Gasteiger charge is -2.28. The van der Waals surface area contributed by atoms with E-state index in [4.69, 9.17) is 18.5 Å². The van der Waals surface area contributed by atoms with E-state index < -0.39 is 50.2 Å². The first kappa shape index (κ1) is 31.4. The number of rotatable bonds is 10. The Bertz CT molecular complexity index is 1500. The van der Waals surface area contributed by atoms with Crippen LogP contribution in [0.25, 0.3) is 11.2 Å². The highest BCUT2D eigenvalue weighted by molar-refractivity contribution is 7.52. The molecule has 12 nitrogen and oxygen atoms in total. The van der Waals surface area contributed by atoms with Crippen molar-refractivity contribution in [3.63, 3.8) is 0 Å². The van der Waals surface area contributed by atoms with Crippen molar-refractivity contribution in [2.24, 2.45) is 0 Å². The summed E-state index contributed by atoms with van der Waals surface area (Å²) in [6.07, 6.45) is 1.26. The number of hydrogen-bond donors (Lipinski definition) is 2. The lowest BCUT2D eigenvalue weighted by atomic mass is 9.97. The molecule has 3 heterocycles. The topological polar surface area (TPSA) is 147 Å². The van der Waals surface area contributed by atoms with Crippen LogP contribution in [-0.2, 0) is 23.4 Å². The third kappa shape index (κ3) is 6.58. The number of aromatic nitrogens is 4. The first-order valence-corrected chi connectivity index (χ1v) is 15.7. The highest BCUT2D eigenvalue weighted by Gasteiger charge is 2.65. The molecule has 0 radical (unpaired) electrons. The number of halogens is 2. The molecule has 43 heavy (non-hydrogen) atoms. The lowest BCUT2D eigenvalue weighted by molar-refractivity contribution is -0.202. The number of alkyl halides is 2. The van der Waals surface area contributed by atoms with Gasteiger partial charge in [0.05, 0.1) is 12.0 Å². The van der Waals surface area contributed by atoms with Gasteiger partial charge in [-0.2, -0.15) is 5.09 Å². The number of nitrogens with one attached hydrogen (secondary N) is 1. The number of fused-ring (bicyclic) bond motifs is 1. The second-order valence-corrected chi connectivity index (χ2v) is 12.9. The Morgan fingerprint density at radius 3 is 2.60 bits per heavy atom. The number of benzene rings is 1. The van der Waals surface area contributed by atoms with Crippen LogP contribution in [0.2, 0.25) is 0 Å². The Morgan fingerprint density at radius 2 is 1.91 bits per heavy atom. The van der Waals surface area contributed by atoms with E-state index in [9.17, 15) is 14.5 Å². The number of ether oxygens (including phenoxy) is 2. The number of aliphatic hydroxyl groups is 1. The average Bonchev–Trinajstić information content (AvgIpc) is 3.46. The van der Waals surface area contributed by atoms with Gasteiger partial charge in [0, 0.05) is 0 Å². The Kier molecular flexibility index (Phi) is 8.88. The van der Waals surface area contributed by atoms with Crippen molar-refractivity contribution < 1.29 is 41.8 Å². The van der Waals surface area contributed by atoms with E-state index in [1.54, 1.807) is 32.0 Å². The average molecular weight is 624 g/mol. The first-order chi connectivity index (χ1) is 20.3. The zero-order chi connectivity index (χ0) is 31.0. The Morgan fingerprint density at radius 1 is 1.21 bits per heavy atom. The van der Waals surface area contributed by atoms with Crippen LogP contribution in [0.5, 0.6) is 5.75 Å². The summed E-state index contributed by atoms with van der Waals surface area (Å²) in [5, 5.41) is 13.3. The molecule has 0 bridgehead atoms. The number of imidazole rings is 1. The van der Waals surface area contributed by atoms with Crippen molar-refractivity contribution in [3.05, 3.63) is 48.2 Å². The maximum atomic E-state index is 16.3. The summed E-state index contributed by atoms with van der Waals surface area (Å²) in [5.41, 5.74) is -1.64. The van der Waals surface area contributed by atoms with E-state index in [1.807, 2.05) is 0 Å². The van der Waals surface area contributed by atoms with Crippen LogP contribution in [-0.4, -0.2) is 67.0 Å². The van der Waals surface area contributed by atoms with E-state index >= 15 is 8.78 Å². The second-order valence-electron chi connectivity index (χ2n) is 11.2. The summed E-state index contributed by atoms with van der Waals surface area (Å²) in [6.45, 7) is 4.50. The molecular formula is C28H36F2N5O7P. The summed E-state index contributed by atoms with van der Waals surface area (Å²) < 4.78 is 69.4. The molecule has 234 valence electrons. The molecule has 6 atom stereocenters. The molecule has 1 aromatic carbocycles. The SMILES string of the molecule is Cc1nc(C)c2ncn([C@@H]3O[C@](F)(COP(=O)(NC(C)C(=O)OC4CCCCC4)Oc4ccccc4)[C@@H](O)[C@@]3(C)F)c2n1. The number of esters is 1. The van der Waals surface area contributed by atoms with Crippen LogP contribution < -0.4 is 9.61 Å². The number of hydrogen-bond acceptors (Lipinski definition) is 10. The summed E-state index contributed by atoms with van der Waals surface area (Å²) in [6, 6.07) is 6.72. The molecule has 0 amide bonds. The van der Waals surface area contributed by atoms with Crippen molar-refractivity contribution in [2.45, 2.75) is 95.8 Å². The monoisotopic (exact) mass is 623 g/mol. The van der Waals surface area contributed by atoms with Crippen LogP contribution in [0, 0.1) is 13.8 Å². The van der Waals surface area contributed by atoms with Gasteiger partial charge in [-0.25, -0.2) is 28.3 Å². The number of para-hydroxylation sites is 1. The van der Waals surface area contributed by atoms with E-state index in [-0.39, 0.29) is 17.5 Å². The van der Waals surface area contributed by atoms with E-state index in [0.29, 0.717) is 17.0 Å². The quantitative estimate of drug-likeness (QED) is 0.237. The highest BCUT2D eigenvalue weighted by Crippen LogP contribution is 2.52. The minimum atomic E-state index is -4.54. The van der Waals surface area contributed by atoms with Crippen molar-refractivity contribution in [2.75, 3.05) is 6.61 Å². The van der Waals surface area contributed by atoms with E-state index in [0.717, 1.165) is 39.0 Å². The van der Waals surface area contributed by atoms with Gasteiger partial charge in [0.15, 0.2) is 23.6 Å². The molecular weight excluding hydrogens is 587 g/mol.